The van der Waals surface area contributed by atoms with Gasteiger partial charge in [0, 0.05) is 30.8 Å². The molecule has 1 aliphatic rings. The minimum atomic E-state index is -0.209. The monoisotopic (exact) mass is 289 g/mol. The number of hydrogen-bond donors (Lipinski definition) is 1. The molecule has 1 aromatic carbocycles. The van der Waals surface area contributed by atoms with Gasteiger partial charge >= 0.3 is 0 Å². The third kappa shape index (κ3) is 3.42. The van der Waals surface area contributed by atoms with Crippen molar-refractivity contribution in [3.05, 3.63) is 47.5 Å². The number of rotatable bonds is 5. The Bertz CT molecular complexity index is 624. The van der Waals surface area contributed by atoms with Crippen LogP contribution < -0.4 is 10.1 Å². The van der Waals surface area contributed by atoms with Crippen LogP contribution in [0.2, 0.25) is 0 Å². The summed E-state index contributed by atoms with van der Waals surface area (Å²) in [4.78, 5) is 0. The molecular weight excluding hydrogens is 269 g/mol. The molecule has 0 bridgehead atoms. The Morgan fingerprint density at radius 3 is 3.10 bits per heavy atom. The maximum absolute atomic E-state index is 13.2. The molecule has 2 heterocycles. The van der Waals surface area contributed by atoms with Crippen LogP contribution in [0, 0.1) is 5.82 Å². The van der Waals surface area contributed by atoms with Gasteiger partial charge in [0.05, 0.1) is 12.2 Å². The SMILES string of the molecule is CC(C)NCc1ccn(CC2Cc3cc(F)ccc3O2)n1. The molecule has 1 unspecified atom stereocenters. The first-order chi connectivity index (χ1) is 10.1. The molecule has 3 rings (SSSR count). The third-order valence-electron chi connectivity index (χ3n) is 3.54. The van der Waals surface area contributed by atoms with Crippen LogP contribution >= 0.6 is 0 Å². The summed E-state index contributed by atoms with van der Waals surface area (Å²) in [6.45, 7) is 5.67. The number of ether oxygens (including phenoxy) is 1. The lowest BCUT2D eigenvalue weighted by Gasteiger charge is -2.10. The Morgan fingerprint density at radius 2 is 2.29 bits per heavy atom. The lowest BCUT2D eigenvalue weighted by molar-refractivity contribution is 0.203. The predicted octanol–water partition coefficient (Wildman–Crippen LogP) is 2.52. The van der Waals surface area contributed by atoms with Crippen molar-refractivity contribution in [2.24, 2.45) is 0 Å². The molecule has 0 spiro atoms. The van der Waals surface area contributed by atoms with Crippen LogP contribution in [0.3, 0.4) is 0 Å². The Hall–Kier alpha value is -1.88. The lowest BCUT2D eigenvalue weighted by Crippen LogP contribution is -2.23. The fourth-order valence-electron chi connectivity index (χ4n) is 2.51. The van der Waals surface area contributed by atoms with Gasteiger partial charge in [-0.25, -0.2) is 4.39 Å². The highest BCUT2D eigenvalue weighted by Gasteiger charge is 2.23. The number of aromatic nitrogens is 2. The third-order valence-corrected chi connectivity index (χ3v) is 3.54. The minimum absolute atomic E-state index is 0.0209. The molecule has 4 nitrogen and oxygen atoms in total. The normalized spacial score (nSPS) is 17.0. The van der Waals surface area contributed by atoms with Crippen molar-refractivity contribution in [1.29, 1.82) is 0 Å². The topological polar surface area (TPSA) is 39.1 Å². The number of hydrogen-bond acceptors (Lipinski definition) is 3. The summed E-state index contributed by atoms with van der Waals surface area (Å²) in [6, 6.07) is 7.14. The fourth-order valence-corrected chi connectivity index (χ4v) is 2.51. The van der Waals surface area contributed by atoms with E-state index in [1.165, 1.54) is 6.07 Å². The zero-order chi connectivity index (χ0) is 14.8. The number of benzene rings is 1. The lowest BCUT2D eigenvalue weighted by atomic mass is 10.1. The van der Waals surface area contributed by atoms with E-state index < -0.39 is 0 Å². The van der Waals surface area contributed by atoms with E-state index in [0.29, 0.717) is 12.6 Å². The highest BCUT2D eigenvalue weighted by Crippen LogP contribution is 2.29. The molecule has 0 amide bonds. The van der Waals surface area contributed by atoms with Crippen LogP contribution in [0.4, 0.5) is 4.39 Å². The Kier molecular flexibility index (Phi) is 3.92. The van der Waals surface area contributed by atoms with Gasteiger partial charge in [0.25, 0.3) is 0 Å². The molecule has 0 fully saturated rings. The van der Waals surface area contributed by atoms with Crippen molar-refractivity contribution in [3.8, 4) is 5.75 Å². The molecule has 1 aromatic heterocycles. The van der Waals surface area contributed by atoms with E-state index in [-0.39, 0.29) is 11.9 Å². The van der Waals surface area contributed by atoms with Crippen molar-refractivity contribution >= 4 is 0 Å². The molecule has 0 saturated carbocycles. The molecule has 0 radical (unpaired) electrons. The second-order valence-electron chi connectivity index (χ2n) is 5.76. The van der Waals surface area contributed by atoms with E-state index >= 15 is 0 Å². The summed E-state index contributed by atoms with van der Waals surface area (Å²) in [5.74, 6) is 0.578. The molecule has 112 valence electrons. The summed E-state index contributed by atoms with van der Waals surface area (Å²) >= 11 is 0. The Balaban J connectivity index is 1.59. The maximum atomic E-state index is 13.2. The molecule has 1 atom stereocenters. The summed E-state index contributed by atoms with van der Waals surface area (Å²) in [7, 11) is 0. The smallest absolute Gasteiger partial charge is 0.123 e. The van der Waals surface area contributed by atoms with Crippen molar-refractivity contribution < 1.29 is 9.13 Å². The zero-order valence-electron chi connectivity index (χ0n) is 12.3. The van der Waals surface area contributed by atoms with Gasteiger partial charge in [0.1, 0.15) is 17.7 Å². The zero-order valence-corrected chi connectivity index (χ0v) is 12.3. The van der Waals surface area contributed by atoms with Gasteiger partial charge in [-0.3, -0.25) is 4.68 Å². The Labute approximate surface area is 123 Å². The standard InChI is InChI=1S/C16H20FN3O/c1-11(2)18-9-14-5-6-20(19-14)10-15-8-12-7-13(17)3-4-16(12)21-15/h3-7,11,15,18H,8-10H2,1-2H3. The predicted molar refractivity (Wildman–Crippen MR) is 78.7 cm³/mol. The first-order valence-electron chi connectivity index (χ1n) is 7.31. The summed E-state index contributed by atoms with van der Waals surface area (Å²) < 4.78 is 20.9. The number of fused-ring (bicyclic) bond motifs is 1. The second kappa shape index (κ2) is 5.85. The van der Waals surface area contributed by atoms with E-state index in [0.717, 1.165) is 30.0 Å². The molecule has 21 heavy (non-hydrogen) atoms. The van der Waals surface area contributed by atoms with Gasteiger partial charge in [-0.1, -0.05) is 13.8 Å². The van der Waals surface area contributed by atoms with Crippen LogP contribution in [-0.4, -0.2) is 21.9 Å². The van der Waals surface area contributed by atoms with Gasteiger partial charge in [0.15, 0.2) is 0 Å². The van der Waals surface area contributed by atoms with Crippen LogP contribution in [-0.2, 0) is 19.5 Å². The molecule has 5 heteroatoms. The number of nitrogens with zero attached hydrogens (tertiary/aromatic N) is 2. The summed E-state index contributed by atoms with van der Waals surface area (Å²) in [6.07, 6.45) is 2.71. The molecule has 1 aliphatic heterocycles. The summed E-state index contributed by atoms with van der Waals surface area (Å²) in [5.41, 5.74) is 1.96. The van der Waals surface area contributed by atoms with E-state index in [4.69, 9.17) is 4.74 Å². The van der Waals surface area contributed by atoms with Crippen LogP contribution in [0.25, 0.3) is 0 Å². The van der Waals surface area contributed by atoms with E-state index in [1.807, 2.05) is 16.9 Å². The maximum Gasteiger partial charge on any atom is 0.123 e. The average molecular weight is 289 g/mol. The van der Waals surface area contributed by atoms with Crippen molar-refractivity contribution in [3.63, 3.8) is 0 Å². The average Bonchev–Trinajstić information content (AvgIpc) is 3.02. The molecule has 1 N–H and O–H groups in total. The van der Waals surface area contributed by atoms with E-state index in [2.05, 4.69) is 24.3 Å². The van der Waals surface area contributed by atoms with Crippen LogP contribution in [0.5, 0.6) is 5.75 Å². The molecule has 0 saturated heterocycles. The first kappa shape index (κ1) is 14.1. The van der Waals surface area contributed by atoms with Crippen LogP contribution in [0.15, 0.2) is 30.5 Å². The largest absolute Gasteiger partial charge is 0.488 e. The molecule has 0 aliphatic carbocycles. The van der Waals surface area contributed by atoms with E-state index in [1.54, 1.807) is 12.1 Å². The fraction of sp³-hybridized carbons (Fsp3) is 0.438. The number of halogens is 1. The highest BCUT2D eigenvalue weighted by molar-refractivity contribution is 5.37. The van der Waals surface area contributed by atoms with E-state index in [9.17, 15) is 4.39 Å². The molecular formula is C16H20FN3O. The van der Waals surface area contributed by atoms with Gasteiger partial charge in [-0.05, 0) is 24.3 Å². The summed E-state index contributed by atoms with van der Waals surface area (Å²) in [5, 5.41) is 7.87. The van der Waals surface area contributed by atoms with Gasteiger partial charge in [0.2, 0.25) is 0 Å². The number of nitrogens with one attached hydrogen (secondary N) is 1. The molecule has 2 aromatic rings. The van der Waals surface area contributed by atoms with Crippen molar-refractivity contribution in [1.82, 2.24) is 15.1 Å². The first-order valence-corrected chi connectivity index (χ1v) is 7.31. The quantitative estimate of drug-likeness (QED) is 0.919. The van der Waals surface area contributed by atoms with Crippen molar-refractivity contribution in [2.45, 2.75) is 45.5 Å². The van der Waals surface area contributed by atoms with Gasteiger partial charge < -0.3 is 10.1 Å². The second-order valence-corrected chi connectivity index (χ2v) is 5.76. The highest BCUT2D eigenvalue weighted by atomic mass is 19.1. The Morgan fingerprint density at radius 1 is 1.43 bits per heavy atom. The van der Waals surface area contributed by atoms with Gasteiger partial charge in [-0.15, -0.1) is 0 Å². The van der Waals surface area contributed by atoms with Gasteiger partial charge in [-0.2, -0.15) is 5.10 Å². The van der Waals surface area contributed by atoms with Crippen molar-refractivity contribution in [2.75, 3.05) is 0 Å². The minimum Gasteiger partial charge on any atom is -0.488 e. The van der Waals surface area contributed by atoms with Crippen LogP contribution in [0.1, 0.15) is 25.1 Å².